The van der Waals surface area contributed by atoms with Gasteiger partial charge in [-0.3, -0.25) is 9.98 Å². The maximum atomic E-state index is 13.9. The van der Waals surface area contributed by atoms with Gasteiger partial charge in [0.05, 0.1) is 24.0 Å². The lowest BCUT2D eigenvalue weighted by Crippen LogP contribution is -2.37. The Kier molecular flexibility index (Phi) is 8.80. The van der Waals surface area contributed by atoms with E-state index < -0.39 is 5.67 Å². The molecular weight excluding hydrogens is 377 g/mol. The van der Waals surface area contributed by atoms with E-state index >= 15 is 0 Å². The normalized spacial score (nSPS) is 21.0. The number of nitrogens with zero attached hydrogens (tertiary/aromatic N) is 2. The first-order valence-corrected chi connectivity index (χ1v) is 10.1. The second kappa shape index (κ2) is 10.4. The first kappa shape index (κ1) is 25.4. The lowest BCUT2D eigenvalue weighted by molar-refractivity contribution is 0.315. The largest absolute Gasteiger partial charge is 0.402 e. The van der Waals surface area contributed by atoms with Crippen molar-refractivity contribution < 1.29 is 4.39 Å². The predicted molar refractivity (Wildman–Crippen MR) is 127 cm³/mol. The van der Waals surface area contributed by atoms with Crippen LogP contribution in [0.3, 0.4) is 0 Å². The van der Waals surface area contributed by atoms with Crippen molar-refractivity contribution in [3.05, 3.63) is 47.9 Å². The number of terminal acetylenes is 1. The van der Waals surface area contributed by atoms with E-state index in [9.17, 15) is 4.39 Å². The van der Waals surface area contributed by atoms with Gasteiger partial charge < -0.3 is 16.8 Å². The van der Waals surface area contributed by atoms with Crippen molar-refractivity contribution in [3.63, 3.8) is 0 Å². The van der Waals surface area contributed by atoms with Crippen LogP contribution in [0.5, 0.6) is 0 Å². The van der Waals surface area contributed by atoms with E-state index in [1.165, 1.54) is 13.8 Å². The number of nitrogens with two attached hydrogens (primary N) is 2. The average molecular weight is 414 g/mol. The highest BCUT2D eigenvalue weighted by atomic mass is 19.1. The van der Waals surface area contributed by atoms with Crippen LogP contribution in [0.15, 0.2) is 57.8 Å². The molecule has 0 amide bonds. The van der Waals surface area contributed by atoms with Crippen LogP contribution in [0.2, 0.25) is 0 Å². The van der Waals surface area contributed by atoms with Gasteiger partial charge in [0, 0.05) is 24.7 Å². The van der Waals surface area contributed by atoms with Crippen molar-refractivity contribution in [2.45, 2.75) is 46.3 Å². The van der Waals surface area contributed by atoms with Gasteiger partial charge in [-0.15, -0.1) is 6.42 Å². The van der Waals surface area contributed by atoms with Crippen LogP contribution in [-0.4, -0.2) is 43.3 Å². The fourth-order valence-electron chi connectivity index (χ4n) is 3.01. The fourth-order valence-corrected chi connectivity index (χ4v) is 3.01. The van der Waals surface area contributed by atoms with Gasteiger partial charge in [-0.05, 0) is 31.4 Å². The second-order valence-corrected chi connectivity index (χ2v) is 8.61. The lowest BCUT2D eigenvalue weighted by Gasteiger charge is -2.31. The Morgan fingerprint density at radius 2 is 2.13 bits per heavy atom. The molecule has 30 heavy (non-hydrogen) atoms. The summed E-state index contributed by atoms with van der Waals surface area (Å²) in [5.41, 5.74) is 13.7. The zero-order chi connectivity index (χ0) is 23.1. The quantitative estimate of drug-likeness (QED) is 0.308. The molecule has 1 rings (SSSR count). The molecule has 0 heterocycles. The third-order valence-corrected chi connectivity index (χ3v) is 4.92. The van der Waals surface area contributed by atoms with Crippen LogP contribution in [0.4, 0.5) is 4.39 Å². The molecule has 0 aromatic rings. The van der Waals surface area contributed by atoms with E-state index in [2.05, 4.69) is 40.8 Å². The Morgan fingerprint density at radius 1 is 1.50 bits per heavy atom. The van der Waals surface area contributed by atoms with Gasteiger partial charge in [0.25, 0.3) is 0 Å². The summed E-state index contributed by atoms with van der Waals surface area (Å²) in [6, 6.07) is -0.324. The molecule has 2 atom stereocenters. The molecule has 5 N–H and O–H groups in total. The zero-order valence-electron chi connectivity index (χ0n) is 19.1. The molecule has 0 aromatic carbocycles. The second-order valence-electron chi connectivity index (χ2n) is 8.61. The topological polar surface area (TPSA) is 88.8 Å². The van der Waals surface area contributed by atoms with E-state index in [0.29, 0.717) is 18.8 Å². The van der Waals surface area contributed by atoms with Gasteiger partial charge in [-0.25, -0.2) is 4.39 Å². The van der Waals surface area contributed by atoms with Gasteiger partial charge in [0.2, 0.25) is 0 Å². The van der Waals surface area contributed by atoms with Crippen molar-refractivity contribution in [3.8, 4) is 12.3 Å². The Hall–Kier alpha value is -2.65. The van der Waals surface area contributed by atoms with Gasteiger partial charge in [0.15, 0.2) is 5.67 Å². The van der Waals surface area contributed by atoms with Crippen molar-refractivity contribution in [2.24, 2.45) is 32.8 Å². The molecule has 6 heteroatoms. The molecule has 0 aliphatic heterocycles. The number of hydrogen-bond donors (Lipinski definition) is 3. The van der Waals surface area contributed by atoms with Crippen LogP contribution < -0.4 is 16.8 Å². The summed E-state index contributed by atoms with van der Waals surface area (Å²) in [6.45, 7) is 14.1. The van der Waals surface area contributed by atoms with E-state index in [1.807, 2.05) is 32.1 Å². The number of aliphatic imine (C=N–C) groups is 2. The monoisotopic (exact) mass is 413 g/mol. The average Bonchev–Trinajstić information content (AvgIpc) is 2.63. The van der Waals surface area contributed by atoms with Gasteiger partial charge in [-0.1, -0.05) is 51.5 Å². The molecule has 1 aliphatic rings. The summed E-state index contributed by atoms with van der Waals surface area (Å²) in [4.78, 5) is 8.54. The van der Waals surface area contributed by atoms with Crippen LogP contribution in [0.25, 0.3) is 0 Å². The van der Waals surface area contributed by atoms with Crippen molar-refractivity contribution in [1.82, 2.24) is 5.32 Å². The minimum absolute atomic E-state index is 0.116. The SMILES string of the molecule is C#CC(=NCC=CC(C)CNC(=C)C(=NC)C1=CC(C)(C)C(N)=CC1N)C(C)(C)F. The first-order chi connectivity index (χ1) is 13.8. The van der Waals surface area contributed by atoms with Crippen molar-refractivity contribution in [2.75, 3.05) is 20.1 Å². The van der Waals surface area contributed by atoms with Gasteiger partial charge in [0.1, 0.15) is 5.71 Å². The Labute approximate surface area is 181 Å². The molecule has 0 saturated carbocycles. The lowest BCUT2D eigenvalue weighted by atomic mass is 9.79. The predicted octanol–water partition coefficient (Wildman–Crippen LogP) is 3.31. The van der Waals surface area contributed by atoms with E-state index in [4.69, 9.17) is 17.9 Å². The van der Waals surface area contributed by atoms with Crippen LogP contribution in [0.1, 0.15) is 34.6 Å². The molecule has 0 saturated heterocycles. The van der Waals surface area contributed by atoms with Crippen LogP contribution in [0, 0.1) is 23.7 Å². The Bertz CT molecular complexity index is 829. The number of hydrogen-bond acceptors (Lipinski definition) is 5. The number of rotatable bonds is 9. The van der Waals surface area contributed by atoms with Gasteiger partial charge >= 0.3 is 0 Å². The molecule has 164 valence electrons. The summed E-state index contributed by atoms with van der Waals surface area (Å²) in [7, 11) is 1.72. The minimum atomic E-state index is -1.60. The molecule has 0 spiro atoms. The minimum Gasteiger partial charge on any atom is -0.402 e. The van der Waals surface area contributed by atoms with Crippen molar-refractivity contribution in [1.29, 1.82) is 0 Å². The maximum Gasteiger partial charge on any atom is 0.154 e. The summed E-state index contributed by atoms with van der Waals surface area (Å²) in [6.07, 6.45) is 13.1. The standard InChI is InChI=1S/C24H36FN5/c1-9-21(24(6,7)25)29-12-10-11-16(2)15-30-17(3)22(28-8)18-14-23(4,5)20(27)13-19(18)26/h1,10-11,13-14,16,19,30H,3,12,15,26-27H2,2,4-8H3. The molecule has 0 fully saturated rings. The smallest absolute Gasteiger partial charge is 0.154 e. The third-order valence-electron chi connectivity index (χ3n) is 4.92. The van der Waals surface area contributed by atoms with E-state index in [1.54, 1.807) is 7.05 Å². The highest BCUT2D eigenvalue weighted by molar-refractivity contribution is 6.12. The first-order valence-electron chi connectivity index (χ1n) is 10.1. The molecule has 0 radical (unpaired) electrons. The summed E-state index contributed by atoms with van der Waals surface area (Å²) in [5.74, 6) is 2.51. The molecule has 0 aromatic heterocycles. The van der Waals surface area contributed by atoms with Gasteiger partial charge in [-0.2, -0.15) is 0 Å². The fraction of sp³-hybridized carbons (Fsp3) is 0.500. The van der Waals surface area contributed by atoms with E-state index in [0.717, 1.165) is 17.0 Å². The molecule has 2 unspecified atom stereocenters. The molecular formula is C24H36FN5. The van der Waals surface area contributed by atoms with Crippen LogP contribution in [-0.2, 0) is 0 Å². The number of nitrogens with one attached hydrogen (secondary N) is 1. The van der Waals surface area contributed by atoms with Crippen LogP contribution >= 0.6 is 0 Å². The summed E-state index contributed by atoms with van der Waals surface area (Å²) < 4.78 is 13.9. The summed E-state index contributed by atoms with van der Waals surface area (Å²) in [5, 5.41) is 3.32. The summed E-state index contributed by atoms with van der Waals surface area (Å²) >= 11 is 0. The molecule has 1 aliphatic carbocycles. The number of allylic oxidation sites excluding steroid dienone is 2. The highest BCUT2D eigenvalue weighted by Crippen LogP contribution is 2.32. The Balaban J connectivity index is 2.71. The van der Waals surface area contributed by atoms with Crippen molar-refractivity contribution >= 4 is 11.4 Å². The highest BCUT2D eigenvalue weighted by Gasteiger charge is 2.29. The Morgan fingerprint density at radius 3 is 2.67 bits per heavy atom. The third kappa shape index (κ3) is 7.00. The number of alkyl halides is 1. The van der Waals surface area contributed by atoms with E-state index in [-0.39, 0.29) is 23.1 Å². The zero-order valence-corrected chi connectivity index (χ0v) is 19.1. The molecule has 5 nitrogen and oxygen atoms in total. The number of halogens is 1. The molecule has 0 bridgehead atoms. The maximum absolute atomic E-state index is 13.9.